The molecule has 0 unspecified atom stereocenters. The molecule has 116 valence electrons. The summed E-state index contributed by atoms with van der Waals surface area (Å²) in [4.78, 5) is 18.6. The van der Waals surface area contributed by atoms with Crippen LogP contribution in [0.5, 0.6) is 0 Å². The minimum atomic E-state index is -0.281. The van der Waals surface area contributed by atoms with E-state index in [1.165, 1.54) is 12.1 Å². The number of carbonyl (C=O) groups is 1. The number of aromatic nitrogens is 1. The molecule has 1 aromatic heterocycles. The van der Waals surface area contributed by atoms with Crippen molar-refractivity contribution in [3.63, 3.8) is 0 Å². The number of carbonyl (C=O) groups excluding carboxylic acids is 1. The summed E-state index contributed by atoms with van der Waals surface area (Å²) >= 11 is 0. The Morgan fingerprint density at radius 2 is 1.91 bits per heavy atom. The molecular weight excluding hydrogens is 279 g/mol. The first kappa shape index (κ1) is 16.1. The molecule has 0 radical (unpaired) electrons. The number of halogens is 1. The number of nitrogens with zero attached hydrogens (tertiary/aromatic N) is 2. The third-order valence-corrected chi connectivity index (χ3v) is 3.48. The second-order valence-electron chi connectivity index (χ2n) is 5.26. The Hall–Kier alpha value is -2.23. The van der Waals surface area contributed by atoms with Crippen LogP contribution < -0.4 is 0 Å². The minimum Gasteiger partial charge on any atom is -0.342 e. The van der Waals surface area contributed by atoms with Gasteiger partial charge in [-0.05, 0) is 36.2 Å². The van der Waals surface area contributed by atoms with E-state index in [0.717, 1.165) is 30.6 Å². The lowest BCUT2D eigenvalue weighted by atomic mass is 10.1. The molecule has 0 saturated carbocycles. The highest BCUT2D eigenvalue weighted by Crippen LogP contribution is 2.07. The maximum Gasteiger partial charge on any atom is 0.227 e. The van der Waals surface area contributed by atoms with E-state index in [1.807, 2.05) is 23.1 Å². The summed E-state index contributed by atoms with van der Waals surface area (Å²) in [5.74, 6) is -0.207. The van der Waals surface area contributed by atoms with E-state index in [0.29, 0.717) is 13.0 Å². The standard InChI is InChI=1S/C18H21FN2O/c1-2-12-21(13-10-17-5-3-4-11-20-17)18(22)14-15-6-8-16(19)9-7-15/h3-9,11H,2,10,12-14H2,1H3. The zero-order chi connectivity index (χ0) is 15.8. The van der Waals surface area contributed by atoms with Gasteiger partial charge in [0, 0.05) is 31.4 Å². The van der Waals surface area contributed by atoms with Crippen molar-refractivity contribution in [3.8, 4) is 0 Å². The molecule has 1 amide bonds. The normalized spacial score (nSPS) is 10.5. The molecule has 0 N–H and O–H groups in total. The highest BCUT2D eigenvalue weighted by atomic mass is 19.1. The molecule has 0 aliphatic carbocycles. The van der Waals surface area contributed by atoms with Gasteiger partial charge in [-0.1, -0.05) is 25.1 Å². The van der Waals surface area contributed by atoms with Gasteiger partial charge in [-0.2, -0.15) is 0 Å². The summed E-state index contributed by atoms with van der Waals surface area (Å²) in [6.07, 6.45) is 3.73. The zero-order valence-electron chi connectivity index (χ0n) is 12.8. The summed E-state index contributed by atoms with van der Waals surface area (Å²) in [6.45, 7) is 3.44. The fourth-order valence-corrected chi connectivity index (χ4v) is 2.32. The maximum absolute atomic E-state index is 12.9. The first-order valence-electron chi connectivity index (χ1n) is 7.61. The second-order valence-corrected chi connectivity index (χ2v) is 5.26. The predicted octanol–water partition coefficient (Wildman–Crippen LogP) is 3.24. The number of rotatable bonds is 7. The summed E-state index contributed by atoms with van der Waals surface area (Å²) in [5, 5.41) is 0. The van der Waals surface area contributed by atoms with Crippen LogP contribution in [0, 0.1) is 5.82 Å². The molecule has 22 heavy (non-hydrogen) atoms. The van der Waals surface area contributed by atoms with E-state index in [2.05, 4.69) is 11.9 Å². The fraction of sp³-hybridized carbons (Fsp3) is 0.333. The van der Waals surface area contributed by atoms with Gasteiger partial charge in [0.1, 0.15) is 5.82 Å². The lowest BCUT2D eigenvalue weighted by molar-refractivity contribution is -0.130. The second kappa shape index (κ2) is 8.27. The number of pyridine rings is 1. The average molecular weight is 300 g/mol. The molecule has 0 spiro atoms. The van der Waals surface area contributed by atoms with E-state index >= 15 is 0 Å². The lowest BCUT2D eigenvalue weighted by Gasteiger charge is -2.22. The van der Waals surface area contributed by atoms with Crippen LogP contribution in [-0.2, 0) is 17.6 Å². The topological polar surface area (TPSA) is 33.2 Å². The molecule has 1 heterocycles. The van der Waals surface area contributed by atoms with Gasteiger partial charge < -0.3 is 4.90 Å². The molecule has 3 nitrogen and oxygen atoms in total. The number of hydrogen-bond donors (Lipinski definition) is 0. The van der Waals surface area contributed by atoms with Gasteiger partial charge in [0.25, 0.3) is 0 Å². The van der Waals surface area contributed by atoms with Crippen LogP contribution in [0.2, 0.25) is 0 Å². The monoisotopic (exact) mass is 300 g/mol. The first-order chi connectivity index (χ1) is 10.7. The van der Waals surface area contributed by atoms with Crippen LogP contribution in [0.3, 0.4) is 0 Å². The Morgan fingerprint density at radius 3 is 2.55 bits per heavy atom. The van der Waals surface area contributed by atoms with E-state index in [9.17, 15) is 9.18 Å². The Bertz CT molecular complexity index is 584. The maximum atomic E-state index is 12.9. The lowest BCUT2D eigenvalue weighted by Crippen LogP contribution is -2.34. The van der Waals surface area contributed by atoms with Gasteiger partial charge in [0.2, 0.25) is 5.91 Å². The van der Waals surface area contributed by atoms with E-state index < -0.39 is 0 Å². The number of hydrogen-bond acceptors (Lipinski definition) is 2. The van der Waals surface area contributed by atoms with Crippen molar-refractivity contribution in [2.45, 2.75) is 26.2 Å². The first-order valence-corrected chi connectivity index (χ1v) is 7.61. The summed E-state index contributed by atoms with van der Waals surface area (Å²) in [7, 11) is 0. The van der Waals surface area contributed by atoms with Crippen LogP contribution in [-0.4, -0.2) is 28.9 Å². The Labute approximate surface area is 130 Å². The van der Waals surface area contributed by atoms with Crippen molar-refractivity contribution in [1.82, 2.24) is 9.88 Å². The van der Waals surface area contributed by atoms with E-state index in [4.69, 9.17) is 0 Å². The van der Waals surface area contributed by atoms with Crippen LogP contribution >= 0.6 is 0 Å². The van der Waals surface area contributed by atoms with Crippen molar-refractivity contribution in [2.75, 3.05) is 13.1 Å². The fourth-order valence-electron chi connectivity index (χ4n) is 2.32. The van der Waals surface area contributed by atoms with Crippen molar-refractivity contribution < 1.29 is 9.18 Å². The molecule has 1 aromatic carbocycles. The molecular formula is C18H21FN2O. The van der Waals surface area contributed by atoms with Crippen LogP contribution in [0.4, 0.5) is 4.39 Å². The minimum absolute atomic E-state index is 0.0735. The van der Waals surface area contributed by atoms with Crippen molar-refractivity contribution in [3.05, 3.63) is 65.7 Å². The van der Waals surface area contributed by atoms with Gasteiger partial charge in [0.05, 0.1) is 6.42 Å². The smallest absolute Gasteiger partial charge is 0.227 e. The molecule has 0 saturated heterocycles. The van der Waals surface area contributed by atoms with Crippen molar-refractivity contribution in [2.24, 2.45) is 0 Å². The summed E-state index contributed by atoms with van der Waals surface area (Å²) in [5.41, 5.74) is 1.82. The van der Waals surface area contributed by atoms with Crippen LogP contribution in [0.1, 0.15) is 24.6 Å². The van der Waals surface area contributed by atoms with Gasteiger partial charge in [-0.15, -0.1) is 0 Å². The van der Waals surface area contributed by atoms with Crippen LogP contribution in [0.15, 0.2) is 48.7 Å². The van der Waals surface area contributed by atoms with Crippen molar-refractivity contribution >= 4 is 5.91 Å². The largest absolute Gasteiger partial charge is 0.342 e. The Balaban J connectivity index is 1.94. The highest BCUT2D eigenvalue weighted by Gasteiger charge is 2.13. The predicted molar refractivity (Wildman–Crippen MR) is 84.9 cm³/mol. The van der Waals surface area contributed by atoms with Gasteiger partial charge in [-0.25, -0.2) is 4.39 Å². The van der Waals surface area contributed by atoms with Crippen LogP contribution in [0.25, 0.3) is 0 Å². The molecule has 2 rings (SSSR count). The number of benzene rings is 1. The quantitative estimate of drug-likeness (QED) is 0.786. The SMILES string of the molecule is CCCN(CCc1ccccn1)C(=O)Cc1ccc(F)cc1. The third kappa shape index (κ3) is 4.95. The average Bonchev–Trinajstić information content (AvgIpc) is 2.54. The summed E-state index contributed by atoms with van der Waals surface area (Å²) < 4.78 is 12.9. The molecule has 0 atom stereocenters. The molecule has 0 aliphatic heterocycles. The summed E-state index contributed by atoms with van der Waals surface area (Å²) in [6, 6.07) is 11.9. The molecule has 2 aromatic rings. The molecule has 0 aliphatic rings. The molecule has 0 fully saturated rings. The van der Waals surface area contributed by atoms with Gasteiger partial charge >= 0.3 is 0 Å². The zero-order valence-corrected chi connectivity index (χ0v) is 12.8. The molecule has 4 heteroatoms. The van der Waals surface area contributed by atoms with E-state index in [1.54, 1.807) is 18.3 Å². The number of amides is 1. The third-order valence-electron chi connectivity index (χ3n) is 3.48. The van der Waals surface area contributed by atoms with Gasteiger partial charge in [0.15, 0.2) is 0 Å². The van der Waals surface area contributed by atoms with Crippen molar-refractivity contribution in [1.29, 1.82) is 0 Å². The Morgan fingerprint density at radius 1 is 1.14 bits per heavy atom. The Kier molecular flexibility index (Phi) is 6.07. The molecule has 0 bridgehead atoms. The highest BCUT2D eigenvalue weighted by molar-refractivity contribution is 5.78. The van der Waals surface area contributed by atoms with E-state index in [-0.39, 0.29) is 11.7 Å². The van der Waals surface area contributed by atoms with Gasteiger partial charge in [-0.3, -0.25) is 9.78 Å².